The molecule has 0 aromatic carbocycles. The smallest absolute Gasteiger partial charge is 0.309 e. The van der Waals surface area contributed by atoms with Gasteiger partial charge in [-0.2, -0.15) is 0 Å². The third-order valence-electron chi connectivity index (χ3n) is 3.67. The molecule has 0 spiro atoms. The Labute approximate surface area is 167 Å². The molecule has 0 rings (SSSR count). The first kappa shape index (κ1) is 26.1. The standard InChI is InChI=1S/C18H33N3O6S/c1-28(25,26)21-16(22)15-27-14-12-10-8-6-4-2-3-5-7-9-11-13-20-18(24)17(19)23/h3,5H,2,4,6-15H2,1H3,(H2,19,23)(H,20,24)(H,21,22)/b5-3-. The van der Waals surface area contributed by atoms with E-state index in [4.69, 9.17) is 10.5 Å². The van der Waals surface area contributed by atoms with Crippen LogP contribution in [0.3, 0.4) is 0 Å². The van der Waals surface area contributed by atoms with Crippen LogP contribution in [0.25, 0.3) is 0 Å². The molecule has 9 nitrogen and oxygen atoms in total. The molecule has 0 atom stereocenters. The molecule has 0 fully saturated rings. The number of carbonyl (C=O) groups is 3. The van der Waals surface area contributed by atoms with Crippen LogP contribution in [0, 0.1) is 0 Å². The summed E-state index contributed by atoms with van der Waals surface area (Å²) in [6.45, 7) is 0.661. The zero-order valence-electron chi connectivity index (χ0n) is 16.6. The minimum absolute atomic E-state index is 0.241. The molecule has 0 aliphatic heterocycles. The highest BCUT2D eigenvalue weighted by atomic mass is 32.2. The zero-order valence-corrected chi connectivity index (χ0v) is 17.4. The molecular formula is C18H33N3O6S. The Morgan fingerprint density at radius 3 is 2.11 bits per heavy atom. The predicted molar refractivity (Wildman–Crippen MR) is 107 cm³/mol. The second kappa shape index (κ2) is 16.1. The summed E-state index contributed by atoms with van der Waals surface area (Å²) in [4.78, 5) is 32.6. The van der Waals surface area contributed by atoms with E-state index in [1.807, 2.05) is 4.72 Å². The van der Waals surface area contributed by atoms with Crippen LogP contribution in [0.4, 0.5) is 0 Å². The molecule has 0 bridgehead atoms. The van der Waals surface area contributed by atoms with Crippen LogP contribution in [-0.2, 0) is 29.1 Å². The van der Waals surface area contributed by atoms with Crippen molar-refractivity contribution in [2.45, 2.75) is 57.8 Å². The van der Waals surface area contributed by atoms with Gasteiger partial charge in [0, 0.05) is 13.2 Å². The van der Waals surface area contributed by atoms with E-state index in [1.54, 1.807) is 0 Å². The largest absolute Gasteiger partial charge is 0.372 e. The fourth-order valence-corrected chi connectivity index (χ4v) is 2.78. The molecule has 0 aromatic heterocycles. The number of ether oxygens (including phenoxy) is 1. The number of rotatable bonds is 16. The van der Waals surface area contributed by atoms with E-state index in [0.717, 1.165) is 64.0 Å². The van der Waals surface area contributed by atoms with Gasteiger partial charge in [0.05, 0.1) is 6.26 Å². The fourth-order valence-electron chi connectivity index (χ4n) is 2.31. The normalized spacial score (nSPS) is 11.5. The third-order valence-corrected chi connectivity index (χ3v) is 4.26. The average Bonchev–Trinajstić information content (AvgIpc) is 2.59. The second-order valence-electron chi connectivity index (χ2n) is 6.49. The molecule has 0 saturated heterocycles. The van der Waals surface area contributed by atoms with Gasteiger partial charge in [0.1, 0.15) is 6.61 Å². The van der Waals surface area contributed by atoms with Crippen LogP contribution in [0.1, 0.15) is 57.8 Å². The van der Waals surface area contributed by atoms with Crippen molar-refractivity contribution in [3.8, 4) is 0 Å². The van der Waals surface area contributed by atoms with Gasteiger partial charge in [0.15, 0.2) is 0 Å². The number of unbranched alkanes of at least 4 members (excludes halogenated alkanes) is 7. The summed E-state index contributed by atoms with van der Waals surface area (Å²) in [5.74, 6) is -2.34. The summed E-state index contributed by atoms with van der Waals surface area (Å²) in [5, 5.41) is 2.45. The SMILES string of the molecule is CS(=O)(=O)NC(=O)COCCCCCCC/C=C\CCCCNC(=O)C(N)=O. The Morgan fingerprint density at radius 2 is 1.50 bits per heavy atom. The molecule has 0 saturated carbocycles. The lowest BCUT2D eigenvalue weighted by Crippen LogP contribution is -2.36. The molecule has 28 heavy (non-hydrogen) atoms. The summed E-state index contributed by atoms with van der Waals surface area (Å²) in [6, 6.07) is 0. The van der Waals surface area contributed by atoms with Gasteiger partial charge < -0.3 is 15.8 Å². The van der Waals surface area contributed by atoms with E-state index in [-0.39, 0.29) is 6.61 Å². The van der Waals surface area contributed by atoms with Gasteiger partial charge in [-0.1, -0.05) is 31.4 Å². The molecule has 0 aliphatic carbocycles. The van der Waals surface area contributed by atoms with Gasteiger partial charge in [-0.15, -0.1) is 0 Å². The lowest BCUT2D eigenvalue weighted by atomic mass is 10.1. The van der Waals surface area contributed by atoms with Gasteiger partial charge in [-0.3, -0.25) is 19.1 Å². The number of carbonyl (C=O) groups excluding carboxylic acids is 3. The number of amides is 3. The maximum atomic E-state index is 11.2. The maximum absolute atomic E-state index is 11.2. The highest BCUT2D eigenvalue weighted by molar-refractivity contribution is 7.89. The van der Waals surface area contributed by atoms with E-state index in [0.29, 0.717) is 13.2 Å². The van der Waals surface area contributed by atoms with Crippen LogP contribution in [0.5, 0.6) is 0 Å². The maximum Gasteiger partial charge on any atom is 0.309 e. The van der Waals surface area contributed by atoms with E-state index in [2.05, 4.69) is 17.5 Å². The molecule has 4 N–H and O–H groups in total. The van der Waals surface area contributed by atoms with Crippen molar-refractivity contribution >= 4 is 27.7 Å². The van der Waals surface area contributed by atoms with Crippen LogP contribution in [0.15, 0.2) is 12.2 Å². The quantitative estimate of drug-likeness (QED) is 0.191. The molecule has 0 aliphatic rings. The van der Waals surface area contributed by atoms with Gasteiger partial charge in [0.25, 0.3) is 5.91 Å². The number of allylic oxidation sites excluding steroid dienone is 2. The second-order valence-corrected chi connectivity index (χ2v) is 8.24. The van der Waals surface area contributed by atoms with Crippen LogP contribution >= 0.6 is 0 Å². The van der Waals surface area contributed by atoms with Crippen molar-refractivity contribution in [3.63, 3.8) is 0 Å². The highest BCUT2D eigenvalue weighted by Gasteiger charge is 2.07. The van der Waals surface area contributed by atoms with Crippen molar-refractivity contribution in [3.05, 3.63) is 12.2 Å². The minimum Gasteiger partial charge on any atom is -0.372 e. The van der Waals surface area contributed by atoms with E-state index >= 15 is 0 Å². The van der Waals surface area contributed by atoms with Crippen molar-refractivity contribution in [2.75, 3.05) is 26.0 Å². The van der Waals surface area contributed by atoms with Crippen LogP contribution in [-0.4, -0.2) is 52.2 Å². The molecule has 0 aromatic rings. The topological polar surface area (TPSA) is 145 Å². The summed E-state index contributed by atoms with van der Waals surface area (Å²) in [5.41, 5.74) is 4.82. The fraction of sp³-hybridized carbons (Fsp3) is 0.722. The third kappa shape index (κ3) is 18.8. The number of sulfonamides is 1. The Hall–Kier alpha value is -1.94. The first-order valence-corrected chi connectivity index (χ1v) is 11.4. The number of nitrogens with one attached hydrogen (secondary N) is 2. The van der Waals surface area contributed by atoms with Crippen molar-refractivity contribution in [2.24, 2.45) is 5.73 Å². The molecule has 3 amide bonds. The lowest BCUT2D eigenvalue weighted by Gasteiger charge is -2.04. The summed E-state index contributed by atoms with van der Waals surface area (Å²) < 4.78 is 28.6. The Kier molecular flexibility index (Phi) is 14.9. The van der Waals surface area contributed by atoms with Gasteiger partial charge in [0.2, 0.25) is 10.0 Å². The van der Waals surface area contributed by atoms with Gasteiger partial charge >= 0.3 is 11.8 Å². The van der Waals surface area contributed by atoms with Crippen molar-refractivity contribution in [1.29, 1.82) is 0 Å². The predicted octanol–water partition coefficient (Wildman–Crippen LogP) is 0.747. The minimum atomic E-state index is -3.52. The first-order chi connectivity index (χ1) is 13.2. The monoisotopic (exact) mass is 419 g/mol. The summed E-state index contributed by atoms with van der Waals surface area (Å²) >= 11 is 0. The average molecular weight is 420 g/mol. The zero-order chi connectivity index (χ0) is 21.3. The molecule has 162 valence electrons. The van der Waals surface area contributed by atoms with Gasteiger partial charge in [-0.05, 0) is 38.5 Å². The first-order valence-electron chi connectivity index (χ1n) is 9.53. The van der Waals surface area contributed by atoms with E-state index < -0.39 is 27.7 Å². The number of hydrogen-bond donors (Lipinski definition) is 3. The molecule has 10 heteroatoms. The number of primary amides is 1. The Morgan fingerprint density at radius 1 is 0.929 bits per heavy atom. The Balaban J connectivity index is 3.33. The van der Waals surface area contributed by atoms with Gasteiger partial charge in [-0.25, -0.2) is 8.42 Å². The molecule has 0 radical (unpaired) electrons. The molecule has 0 unspecified atom stereocenters. The number of nitrogens with two attached hydrogens (primary N) is 1. The van der Waals surface area contributed by atoms with Crippen molar-refractivity contribution < 1.29 is 27.5 Å². The summed E-state index contributed by atoms with van der Waals surface area (Å²) in [6.07, 6.45) is 14.1. The van der Waals surface area contributed by atoms with Crippen molar-refractivity contribution in [1.82, 2.24) is 10.0 Å². The molecule has 0 heterocycles. The Bertz CT molecular complexity index is 604. The van der Waals surface area contributed by atoms with Crippen LogP contribution in [0.2, 0.25) is 0 Å². The van der Waals surface area contributed by atoms with E-state index in [9.17, 15) is 22.8 Å². The number of hydrogen-bond acceptors (Lipinski definition) is 6. The lowest BCUT2D eigenvalue weighted by molar-refractivity contribution is -0.137. The van der Waals surface area contributed by atoms with Crippen LogP contribution < -0.4 is 15.8 Å². The summed E-state index contributed by atoms with van der Waals surface area (Å²) in [7, 11) is -3.52. The molecular weight excluding hydrogens is 386 g/mol. The van der Waals surface area contributed by atoms with E-state index in [1.165, 1.54) is 0 Å². The highest BCUT2D eigenvalue weighted by Crippen LogP contribution is 2.07.